The molecule has 0 aromatic carbocycles. The Morgan fingerprint density at radius 1 is 1.37 bits per heavy atom. The molecule has 2 aromatic heterocycles. The first-order chi connectivity index (χ1) is 14.5. The Hall–Kier alpha value is -3.05. The number of hydrogen-bond donors (Lipinski definition) is 1. The Labute approximate surface area is 175 Å². The molecule has 158 valence electrons. The van der Waals surface area contributed by atoms with E-state index in [-0.39, 0.29) is 30.5 Å². The van der Waals surface area contributed by atoms with Crippen molar-refractivity contribution in [3.05, 3.63) is 40.8 Å². The molecule has 1 amide bonds. The van der Waals surface area contributed by atoms with Gasteiger partial charge >= 0.3 is 0 Å². The average Bonchev–Trinajstić information content (AvgIpc) is 3.43. The van der Waals surface area contributed by atoms with Crippen molar-refractivity contribution >= 4 is 11.7 Å². The van der Waals surface area contributed by atoms with E-state index in [0.29, 0.717) is 24.4 Å². The van der Waals surface area contributed by atoms with Gasteiger partial charge in [0.25, 0.3) is 5.91 Å². The fraction of sp³-hybridized carbons (Fsp3) is 0.500. The number of ether oxygens (including phenoxy) is 2. The lowest BCUT2D eigenvalue weighted by atomic mass is 9.89. The predicted molar refractivity (Wildman–Crippen MR) is 109 cm³/mol. The Balaban J connectivity index is 1.57. The highest BCUT2D eigenvalue weighted by Gasteiger charge is 2.34. The van der Waals surface area contributed by atoms with Gasteiger partial charge in [0.1, 0.15) is 23.2 Å². The molecule has 4 heterocycles. The second-order valence-corrected chi connectivity index (χ2v) is 8.25. The number of furan rings is 1. The highest BCUT2D eigenvalue weighted by molar-refractivity contribution is 5.77. The zero-order valence-electron chi connectivity index (χ0n) is 17.4. The molecule has 0 unspecified atom stereocenters. The normalized spacial score (nSPS) is 17.3. The molecular formula is C22H26N4O4. The van der Waals surface area contributed by atoms with E-state index in [1.165, 1.54) is 0 Å². The van der Waals surface area contributed by atoms with E-state index in [4.69, 9.17) is 13.9 Å². The van der Waals surface area contributed by atoms with Crippen LogP contribution in [0.2, 0.25) is 0 Å². The fourth-order valence-corrected chi connectivity index (χ4v) is 3.92. The van der Waals surface area contributed by atoms with Crippen LogP contribution in [0.3, 0.4) is 0 Å². The zero-order valence-corrected chi connectivity index (χ0v) is 17.4. The SMILES string of the molecule is CC1(C)Cc2c(C#N)c(OCC(=O)NCc3ccco3)nc(N3CCCC3)c2CO1. The molecule has 8 heteroatoms. The predicted octanol–water partition coefficient (Wildman–Crippen LogP) is 2.69. The summed E-state index contributed by atoms with van der Waals surface area (Å²) in [6, 6.07) is 5.80. The molecule has 2 aromatic rings. The molecule has 30 heavy (non-hydrogen) atoms. The lowest BCUT2D eigenvalue weighted by Crippen LogP contribution is -2.35. The van der Waals surface area contributed by atoms with Crippen LogP contribution in [0.5, 0.6) is 5.88 Å². The van der Waals surface area contributed by atoms with Crippen LogP contribution in [0, 0.1) is 11.3 Å². The summed E-state index contributed by atoms with van der Waals surface area (Å²) in [6.45, 7) is 6.32. The number of aromatic nitrogens is 1. The monoisotopic (exact) mass is 410 g/mol. The molecule has 0 bridgehead atoms. The number of pyridine rings is 1. The maximum atomic E-state index is 12.2. The van der Waals surface area contributed by atoms with Gasteiger partial charge in [-0.25, -0.2) is 0 Å². The van der Waals surface area contributed by atoms with Crippen LogP contribution >= 0.6 is 0 Å². The van der Waals surface area contributed by atoms with E-state index in [1.54, 1.807) is 18.4 Å². The maximum Gasteiger partial charge on any atom is 0.258 e. The van der Waals surface area contributed by atoms with Gasteiger partial charge in [-0.1, -0.05) is 0 Å². The lowest BCUT2D eigenvalue weighted by Gasteiger charge is -2.35. The molecule has 0 saturated carbocycles. The van der Waals surface area contributed by atoms with Crippen molar-refractivity contribution in [1.29, 1.82) is 5.26 Å². The quantitative estimate of drug-likeness (QED) is 0.781. The third-order valence-corrected chi connectivity index (χ3v) is 5.46. The molecule has 1 saturated heterocycles. The van der Waals surface area contributed by atoms with Crippen LogP contribution in [-0.4, -0.2) is 36.2 Å². The summed E-state index contributed by atoms with van der Waals surface area (Å²) >= 11 is 0. The summed E-state index contributed by atoms with van der Waals surface area (Å²) in [5, 5.41) is 12.6. The van der Waals surface area contributed by atoms with Crippen molar-refractivity contribution in [1.82, 2.24) is 10.3 Å². The molecule has 4 rings (SSSR count). The number of carbonyl (C=O) groups is 1. The van der Waals surface area contributed by atoms with Crippen molar-refractivity contribution in [2.45, 2.75) is 51.9 Å². The molecule has 0 radical (unpaired) electrons. The summed E-state index contributed by atoms with van der Waals surface area (Å²) in [5.41, 5.74) is 1.89. The smallest absolute Gasteiger partial charge is 0.258 e. The third-order valence-electron chi connectivity index (χ3n) is 5.46. The molecular weight excluding hydrogens is 384 g/mol. The van der Waals surface area contributed by atoms with Gasteiger partial charge in [0, 0.05) is 25.1 Å². The number of rotatable bonds is 6. The Kier molecular flexibility index (Phi) is 5.64. The van der Waals surface area contributed by atoms with Gasteiger partial charge in [0.05, 0.1) is 25.0 Å². The van der Waals surface area contributed by atoms with Gasteiger partial charge in [0.15, 0.2) is 6.61 Å². The van der Waals surface area contributed by atoms with E-state index >= 15 is 0 Å². The molecule has 1 N–H and O–H groups in total. The van der Waals surface area contributed by atoms with Gasteiger partial charge in [-0.05, 0) is 44.4 Å². The average molecular weight is 410 g/mol. The number of amides is 1. The van der Waals surface area contributed by atoms with Crippen molar-refractivity contribution in [3.8, 4) is 11.9 Å². The summed E-state index contributed by atoms with van der Waals surface area (Å²) in [6.07, 6.45) is 4.36. The second kappa shape index (κ2) is 8.36. The van der Waals surface area contributed by atoms with Crippen LogP contribution < -0.4 is 15.0 Å². The van der Waals surface area contributed by atoms with Crippen molar-refractivity contribution < 1.29 is 18.7 Å². The van der Waals surface area contributed by atoms with Crippen LogP contribution in [0.4, 0.5) is 5.82 Å². The van der Waals surface area contributed by atoms with Crippen molar-refractivity contribution in [3.63, 3.8) is 0 Å². The van der Waals surface area contributed by atoms with E-state index in [9.17, 15) is 10.1 Å². The highest BCUT2D eigenvalue weighted by Crippen LogP contribution is 2.39. The summed E-state index contributed by atoms with van der Waals surface area (Å²) in [4.78, 5) is 19.1. The standard InChI is InChI=1S/C22H26N4O4/c1-22(2)10-16-17(11-23)21(29-14-19(27)24-12-15-6-5-9-28-15)25-20(18(16)13-30-22)26-7-3-4-8-26/h5-6,9H,3-4,7-8,10,12-14H2,1-2H3,(H,24,27). The summed E-state index contributed by atoms with van der Waals surface area (Å²) < 4.78 is 17.0. The Morgan fingerprint density at radius 2 is 2.17 bits per heavy atom. The van der Waals surface area contributed by atoms with Crippen molar-refractivity contribution in [2.75, 3.05) is 24.6 Å². The Bertz CT molecular complexity index is 957. The minimum atomic E-state index is -0.375. The molecule has 0 atom stereocenters. The maximum absolute atomic E-state index is 12.2. The van der Waals surface area contributed by atoms with Gasteiger partial charge in [0.2, 0.25) is 5.88 Å². The minimum absolute atomic E-state index is 0.212. The molecule has 1 fully saturated rings. The van der Waals surface area contributed by atoms with Crippen LogP contribution in [-0.2, 0) is 29.1 Å². The van der Waals surface area contributed by atoms with Crippen LogP contribution in [0.15, 0.2) is 22.8 Å². The molecule has 2 aliphatic rings. The van der Waals surface area contributed by atoms with Gasteiger partial charge < -0.3 is 24.1 Å². The number of nitrogens with one attached hydrogen (secondary N) is 1. The first kappa shape index (κ1) is 20.2. The summed E-state index contributed by atoms with van der Waals surface area (Å²) in [7, 11) is 0. The van der Waals surface area contributed by atoms with E-state index < -0.39 is 0 Å². The van der Waals surface area contributed by atoms with E-state index in [2.05, 4.69) is 21.3 Å². The van der Waals surface area contributed by atoms with Gasteiger partial charge in [-0.2, -0.15) is 10.2 Å². The molecule has 8 nitrogen and oxygen atoms in total. The number of carbonyl (C=O) groups excluding carboxylic acids is 1. The number of fused-ring (bicyclic) bond motifs is 1. The molecule has 0 spiro atoms. The van der Waals surface area contributed by atoms with Gasteiger partial charge in [-0.3, -0.25) is 4.79 Å². The number of nitrogens with zero attached hydrogens (tertiary/aromatic N) is 3. The number of anilines is 1. The number of nitriles is 1. The number of hydrogen-bond acceptors (Lipinski definition) is 7. The largest absolute Gasteiger partial charge is 0.467 e. The molecule has 2 aliphatic heterocycles. The zero-order chi connectivity index (χ0) is 21.1. The van der Waals surface area contributed by atoms with Crippen LogP contribution in [0.1, 0.15) is 49.1 Å². The first-order valence-corrected chi connectivity index (χ1v) is 10.2. The topological polar surface area (TPSA) is 101 Å². The lowest BCUT2D eigenvalue weighted by molar-refractivity contribution is -0.123. The highest BCUT2D eigenvalue weighted by atomic mass is 16.5. The van der Waals surface area contributed by atoms with Crippen molar-refractivity contribution in [2.24, 2.45) is 0 Å². The van der Waals surface area contributed by atoms with Gasteiger partial charge in [-0.15, -0.1) is 0 Å². The fourth-order valence-electron chi connectivity index (χ4n) is 3.92. The Morgan fingerprint density at radius 3 is 2.87 bits per heavy atom. The second-order valence-electron chi connectivity index (χ2n) is 8.25. The molecule has 0 aliphatic carbocycles. The minimum Gasteiger partial charge on any atom is -0.467 e. The summed E-state index contributed by atoms with van der Waals surface area (Å²) in [5.74, 6) is 1.37. The first-order valence-electron chi connectivity index (χ1n) is 10.2. The van der Waals surface area contributed by atoms with E-state index in [1.807, 2.05) is 13.8 Å². The van der Waals surface area contributed by atoms with Crippen LogP contribution in [0.25, 0.3) is 0 Å². The third kappa shape index (κ3) is 4.26. The van der Waals surface area contributed by atoms with E-state index in [0.717, 1.165) is 42.9 Å².